The molecule has 0 N–H and O–H groups in total. The van der Waals surface area contributed by atoms with Gasteiger partial charge in [-0.25, -0.2) is 0 Å². The van der Waals surface area contributed by atoms with E-state index in [1.165, 1.54) is 0 Å². The molecule has 5 heteroatoms. The minimum atomic E-state index is 0. The standard InChI is InChI=1S/Al.Ca.Co.Pb.Sn.9H/q;+2;;;;;;;;;;;2*-1. The molecule has 0 aromatic heterocycles. The molecule has 0 rings (SSSR count). The van der Waals surface area contributed by atoms with E-state index in [1.807, 2.05) is 0 Å². The van der Waals surface area contributed by atoms with Crippen molar-refractivity contribution in [3.05, 3.63) is 0 Å². The second kappa shape index (κ2) is 24.5. The van der Waals surface area contributed by atoms with Gasteiger partial charge in [0.2, 0.25) is 0 Å². The van der Waals surface area contributed by atoms with Gasteiger partial charge in [0.25, 0.3) is 0 Å². The van der Waals surface area contributed by atoms with Crippen molar-refractivity contribution in [2.24, 2.45) is 0 Å². The summed E-state index contributed by atoms with van der Waals surface area (Å²) in [6.07, 6.45) is 0. The molecule has 0 atom stereocenters. The summed E-state index contributed by atoms with van der Waals surface area (Å²) in [6, 6.07) is 0. The van der Waals surface area contributed by atoms with Gasteiger partial charge in [0.05, 0.1) is 0 Å². The van der Waals surface area contributed by atoms with E-state index in [0.717, 1.165) is 0 Å². The van der Waals surface area contributed by atoms with Gasteiger partial charge in [-0.3, -0.25) is 0 Å². The molecule has 0 aromatic carbocycles. The van der Waals surface area contributed by atoms with Crippen LogP contribution in [0.4, 0.5) is 0 Å². The average molecular weight is 461 g/mol. The molecule has 5 heavy (non-hydrogen) atoms. The summed E-state index contributed by atoms with van der Waals surface area (Å²) in [4.78, 5) is 0. The van der Waals surface area contributed by atoms with Crippen LogP contribution in [0.5, 0.6) is 0 Å². The normalized spacial score (nSPS) is 0. The topological polar surface area (TPSA) is 0 Å². The van der Waals surface area contributed by atoms with Crippen LogP contribution >= 0.6 is 0 Å². The summed E-state index contributed by atoms with van der Waals surface area (Å²) in [5, 5.41) is 0. The summed E-state index contributed by atoms with van der Waals surface area (Å²) in [5.74, 6) is 0. The van der Waals surface area contributed by atoms with Crippen LogP contribution < -0.4 is 0 Å². The van der Waals surface area contributed by atoms with E-state index >= 15 is 0 Å². The Morgan fingerprint density at radius 3 is 1.20 bits per heavy atom. The Balaban J connectivity index is 0. The van der Waals surface area contributed by atoms with E-state index in [2.05, 4.69) is 0 Å². The molecule has 0 aliphatic heterocycles. The van der Waals surface area contributed by atoms with Crippen molar-refractivity contribution in [2.75, 3.05) is 0 Å². The maximum absolute atomic E-state index is 0. The predicted molar refractivity (Wildman–Crippen MR) is 35.0 cm³/mol. The van der Waals surface area contributed by atoms with E-state index in [4.69, 9.17) is 0 Å². The number of hydrogen-bond acceptors (Lipinski definition) is 0. The molecule has 0 amide bonds. The first kappa shape index (κ1) is 35.9. The van der Waals surface area contributed by atoms with Gasteiger partial charge in [-0.15, -0.1) is 0 Å². The van der Waals surface area contributed by atoms with Gasteiger partial charge < -0.3 is 2.85 Å². The number of hydrogen-bond donors (Lipinski definition) is 0. The Hall–Kier alpha value is 4.02. The first-order valence-corrected chi connectivity index (χ1v) is 0. The zero-order valence-corrected chi connectivity index (χ0v) is 15.2. The van der Waals surface area contributed by atoms with Crippen molar-refractivity contribution >= 4 is 106 Å². The molecule has 31 valence electrons. The average Bonchev–Trinajstić information content (AvgIpc) is 0. The van der Waals surface area contributed by atoms with Crippen LogP contribution in [0.3, 0.4) is 0 Å². The van der Waals surface area contributed by atoms with Crippen LogP contribution in [0.15, 0.2) is 0 Å². The van der Waals surface area contributed by atoms with Crippen LogP contribution in [-0.4, -0.2) is 106 Å². The zero-order valence-electron chi connectivity index (χ0n) is 4.45. The van der Waals surface area contributed by atoms with Gasteiger partial charge in [0, 0.05) is 16.8 Å². The van der Waals surface area contributed by atoms with Crippen LogP contribution in [0, 0.1) is 0 Å². The molecule has 0 bridgehead atoms. The second-order valence-electron chi connectivity index (χ2n) is 0. The quantitative estimate of drug-likeness (QED) is 0.335. The Kier molecular flexibility index (Phi) is 176. The molecule has 0 aromatic rings. The Labute approximate surface area is 123 Å². The predicted octanol–water partition coefficient (Wildman–Crippen LogP) is -3.17. The monoisotopic (exact) mass is 463 g/mol. The molecule has 0 nitrogen and oxygen atoms in total. The van der Waals surface area contributed by atoms with Crippen molar-refractivity contribution in [1.29, 1.82) is 0 Å². The summed E-state index contributed by atoms with van der Waals surface area (Å²) in [5.41, 5.74) is 0. The van der Waals surface area contributed by atoms with Crippen molar-refractivity contribution in [2.45, 2.75) is 0 Å². The van der Waals surface area contributed by atoms with Gasteiger partial charge >= 0.3 is 88.9 Å². The molecule has 0 fully saturated rings. The zero-order chi connectivity index (χ0) is 0. The second-order valence-corrected chi connectivity index (χ2v) is 0. The van der Waals surface area contributed by atoms with Gasteiger partial charge in [-0.2, -0.15) is 0 Å². The van der Waals surface area contributed by atoms with Crippen molar-refractivity contribution in [3.8, 4) is 0 Å². The molecule has 5 radical (unpaired) electrons. The summed E-state index contributed by atoms with van der Waals surface area (Å²) in [7, 11) is 0. The van der Waals surface area contributed by atoms with Crippen molar-refractivity contribution in [1.82, 2.24) is 0 Å². The first-order valence-electron chi connectivity index (χ1n) is 0. The fourth-order valence-corrected chi connectivity index (χ4v) is 0. The minimum absolute atomic E-state index is 0. The third-order valence-corrected chi connectivity index (χ3v) is 0. The van der Waals surface area contributed by atoms with Crippen LogP contribution in [0.1, 0.15) is 2.85 Å². The SMILES string of the molecule is [AlH3].[Ca+2].[Co].[H-].[H-].[PbH2].[SnH2]. The summed E-state index contributed by atoms with van der Waals surface area (Å²) < 4.78 is 0. The van der Waals surface area contributed by atoms with E-state index in [1.54, 1.807) is 0 Å². The molecule has 0 heterocycles. The van der Waals surface area contributed by atoms with Gasteiger partial charge in [-0.05, 0) is 0 Å². The third-order valence-electron chi connectivity index (χ3n) is 0. The Bertz CT molecular complexity index is 17.7. The molecule has 0 unspecified atom stereocenters. The molecule has 0 aliphatic rings. The van der Waals surface area contributed by atoms with Gasteiger partial charge in [0.1, 0.15) is 0 Å². The van der Waals surface area contributed by atoms with E-state index < -0.39 is 0 Å². The first-order chi connectivity index (χ1) is 0. The van der Waals surface area contributed by atoms with Crippen LogP contribution in [-0.2, 0) is 16.8 Å². The summed E-state index contributed by atoms with van der Waals surface area (Å²) >= 11 is 0. The molecule has 0 aliphatic carbocycles. The Morgan fingerprint density at radius 2 is 1.20 bits per heavy atom. The van der Waals surface area contributed by atoms with Crippen LogP contribution in [0.25, 0.3) is 0 Å². The number of rotatable bonds is 0. The van der Waals surface area contributed by atoms with E-state index in [-0.39, 0.29) is 126 Å². The molecular weight excluding hydrogens is 452 g/mol. The van der Waals surface area contributed by atoms with Crippen molar-refractivity contribution < 1.29 is 19.6 Å². The van der Waals surface area contributed by atoms with E-state index in [9.17, 15) is 0 Å². The fourth-order valence-electron chi connectivity index (χ4n) is 0. The Morgan fingerprint density at radius 1 is 1.20 bits per heavy atom. The van der Waals surface area contributed by atoms with Crippen LogP contribution in [0.2, 0.25) is 0 Å². The third kappa shape index (κ3) is 18.0. The fraction of sp³-hybridized carbons (Fsp3) is 0. The molecular formula is H9AlCaCoPbSn. The molecule has 0 spiro atoms. The maximum atomic E-state index is 0. The van der Waals surface area contributed by atoms with E-state index in [0.29, 0.717) is 0 Å². The molecule has 0 saturated carbocycles. The van der Waals surface area contributed by atoms with Crippen molar-refractivity contribution in [3.63, 3.8) is 0 Å². The summed E-state index contributed by atoms with van der Waals surface area (Å²) in [6.45, 7) is 0. The molecule has 0 saturated heterocycles. The van der Waals surface area contributed by atoms with Gasteiger partial charge in [0.15, 0.2) is 17.4 Å². The van der Waals surface area contributed by atoms with Gasteiger partial charge in [-0.1, -0.05) is 0 Å².